The van der Waals surface area contributed by atoms with Crippen LogP contribution >= 0.6 is 0 Å². The molecule has 1 aliphatic rings. The first-order valence-electron chi connectivity index (χ1n) is 7.04. The Kier molecular flexibility index (Phi) is 5.13. The molecule has 5 heteroatoms. The van der Waals surface area contributed by atoms with Crippen molar-refractivity contribution in [2.75, 3.05) is 44.2 Å². The molecule has 0 aromatic carbocycles. The molecule has 0 bridgehead atoms. The highest BCUT2D eigenvalue weighted by Gasteiger charge is 2.17. The normalized spacial score (nSPS) is 18.6. The highest BCUT2D eigenvalue weighted by molar-refractivity contribution is 5.45. The van der Waals surface area contributed by atoms with E-state index < -0.39 is 0 Å². The smallest absolute Gasteiger partial charge is 0.0572 e. The van der Waals surface area contributed by atoms with Crippen molar-refractivity contribution in [2.45, 2.75) is 19.4 Å². The van der Waals surface area contributed by atoms with Crippen LogP contribution in [0.5, 0.6) is 0 Å². The van der Waals surface area contributed by atoms with Gasteiger partial charge >= 0.3 is 0 Å². The van der Waals surface area contributed by atoms with E-state index >= 15 is 0 Å². The second kappa shape index (κ2) is 6.84. The van der Waals surface area contributed by atoms with Crippen LogP contribution < -0.4 is 10.6 Å². The number of aliphatic hydroxyl groups is 1. The van der Waals surface area contributed by atoms with Crippen LogP contribution in [-0.2, 0) is 0 Å². The van der Waals surface area contributed by atoms with Gasteiger partial charge in [0.05, 0.1) is 24.2 Å². The quantitative estimate of drug-likeness (QED) is 0.815. The molecule has 2 rings (SSSR count). The van der Waals surface area contributed by atoms with Crippen LogP contribution in [0.4, 0.5) is 5.69 Å². The van der Waals surface area contributed by atoms with Gasteiger partial charge in [0.2, 0.25) is 0 Å². The van der Waals surface area contributed by atoms with Crippen LogP contribution in [0.1, 0.15) is 25.1 Å². The van der Waals surface area contributed by atoms with Crippen LogP contribution in [-0.4, -0.2) is 54.3 Å². The zero-order valence-corrected chi connectivity index (χ0v) is 11.6. The number of pyridine rings is 1. The third-order valence-electron chi connectivity index (χ3n) is 3.74. The number of aliphatic hydroxyl groups excluding tert-OH is 1. The first-order valence-corrected chi connectivity index (χ1v) is 7.04. The number of rotatable bonds is 5. The summed E-state index contributed by atoms with van der Waals surface area (Å²) < 4.78 is 0. The summed E-state index contributed by atoms with van der Waals surface area (Å²) >= 11 is 0. The summed E-state index contributed by atoms with van der Waals surface area (Å²) in [5, 5.41) is 8.93. The van der Waals surface area contributed by atoms with Crippen molar-refractivity contribution in [3.05, 3.63) is 24.0 Å². The molecule has 1 unspecified atom stereocenters. The SMILES string of the molecule is CCC(N)c1ccc(N2CCN(CCO)CC2)cn1. The lowest BCUT2D eigenvalue weighted by Gasteiger charge is -2.35. The molecule has 0 spiro atoms. The van der Waals surface area contributed by atoms with Crippen molar-refractivity contribution in [3.63, 3.8) is 0 Å². The molecule has 0 aliphatic carbocycles. The average Bonchev–Trinajstić information content (AvgIpc) is 2.48. The molecule has 2 heterocycles. The first-order chi connectivity index (χ1) is 9.24. The van der Waals surface area contributed by atoms with Crippen molar-refractivity contribution in [2.24, 2.45) is 5.73 Å². The molecule has 1 atom stereocenters. The van der Waals surface area contributed by atoms with E-state index in [9.17, 15) is 0 Å². The Bertz CT molecular complexity index is 374. The van der Waals surface area contributed by atoms with Crippen molar-refractivity contribution in [1.29, 1.82) is 0 Å². The summed E-state index contributed by atoms with van der Waals surface area (Å²) in [7, 11) is 0. The Balaban J connectivity index is 1.92. The van der Waals surface area contributed by atoms with Gasteiger partial charge < -0.3 is 15.7 Å². The largest absolute Gasteiger partial charge is 0.395 e. The molecule has 1 saturated heterocycles. The molecule has 106 valence electrons. The number of hydrogen-bond acceptors (Lipinski definition) is 5. The van der Waals surface area contributed by atoms with Gasteiger partial charge in [0.15, 0.2) is 0 Å². The third-order valence-corrected chi connectivity index (χ3v) is 3.74. The number of anilines is 1. The average molecular weight is 264 g/mol. The molecule has 1 fully saturated rings. The Morgan fingerprint density at radius 1 is 1.32 bits per heavy atom. The van der Waals surface area contributed by atoms with Gasteiger partial charge in [0.25, 0.3) is 0 Å². The van der Waals surface area contributed by atoms with E-state index in [-0.39, 0.29) is 12.6 Å². The maximum absolute atomic E-state index is 8.93. The Hall–Kier alpha value is -1.17. The number of β-amino-alcohol motifs (C(OH)–C–C–N with tert-alkyl or cyclic N) is 1. The molecule has 0 amide bonds. The van der Waals surface area contributed by atoms with E-state index in [4.69, 9.17) is 10.8 Å². The summed E-state index contributed by atoms with van der Waals surface area (Å²) in [6.45, 7) is 7.05. The lowest BCUT2D eigenvalue weighted by molar-refractivity contribution is 0.189. The van der Waals surface area contributed by atoms with Gasteiger partial charge in [0, 0.05) is 38.8 Å². The van der Waals surface area contributed by atoms with Gasteiger partial charge in [-0.1, -0.05) is 6.92 Å². The standard InChI is InChI=1S/C14H24N4O/c1-2-13(15)14-4-3-12(11-16-14)18-7-5-17(6-8-18)9-10-19/h3-4,11,13,19H,2,5-10,15H2,1H3. The third kappa shape index (κ3) is 3.65. The summed E-state index contributed by atoms with van der Waals surface area (Å²) in [4.78, 5) is 9.08. The molecule has 19 heavy (non-hydrogen) atoms. The number of aromatic nitrogens is 1. The second-order valence-corrected chi connectivity index (χ2v) is 5.01. The first kappa shape index (κ1) is 14.2. The highest BCUT2D eigenvalue weighted by atomic mass is 16.3. The Labute approximate surface area is 115 Å². The van der Waals surface area contributed by atoms with E-state index in [1.165, 1.54) is 0 Å². The lowest BCUT2D eigenvalue weighted by atomic mass is 10.1. The fourth-order valence-corrected chi connectivity index (χ4v) is 2.38. The van der Waals surface area contributed by atoms with Crippen LogP contribution in [0.3, 0.4) is 0 Å². The van der Waals surface area contributed by atoms with Crippen molar-refractivity contribution < 1.29 is 5.11 Å². The fourth-order valence-electron chi connectivity index (χ4n) is 2.38. The monoisotopic (exact) mass is 264 g/mol. The Morgan fingerprint density at radius 2 is 2.05 bits per heavy atom. The van der Waals surface area contributed by atoms with Crippen molar-refractivity contribution in [3.8, 4) is 0 Å². The van der Waals surface area contributed by atoms with Gasteiger partial charge in [-0.05, 0) is 18.6 Å². The molecular formula is C14H24N4O. The van der Waals surface area contributed by atoms with Crippen LogP contribution in [0.2, 0.25) is 0 Å². The van der Waals surface area contributed by atoms with Crippen molar-refractivity contribution in [1.82, 2.24) is 9.88 Å². The molecule has 1 aromatic heterocycles. The zero-order valence-electron chi connectivity index (χ0n) is 11.6. The molecule has 1 aromatic rings. The molecule has 0 saturated carbocycles. The van der Waals surface area contributed by atoms with Crippen LogP contribution in [0, 0.1) is 0 Å². The predicted molar refractivity (Wildman–Crippen MR) is 77.2 cm³/mol. The van der Waals surface area contributed by atoms with E-state index in [1.807, 2.05) is 12.3 Å². The number of hydrogen-bond donors (Lipinski definition) is 2. The van der Waals surface area contributed by atoms with Gasteiger partial charge in [0.1, 0.15) is 0 Å². The summed E-state index contributed by atoms with van der Waals surface area (Å²) in [5.41, 5.74) is 8.09. The highest BCUT2D eigenvalue weighted by Crippen LogP contribution is 2.18. The van der Waals surface area contributed by atoms with Gasteiger partial charge in [-0.3, -0.25) is 9.88 Å². The minimum absolute atomic E-state index is 0.0375. The van der Waals surface area contributed by atoms with E-state index in [1.54, 1.807) is 0 Å². The summed E-state index contributed by atoms with van der Waals surface area (Å²) in [6.07, 6.45) is 2.83. The summed E-state index contributed by atoms with van der Waals surface area (Å²) in [6, 6.07) is 4.18. The van der Waals surface area contributed by atoms with Gasteiger partial charge in [-0.25, -0.2) is 0 Å². The van der Waals surface area contributed by atoms with Crippen LogP contribution in [0.25, 0.3) is 0 Å². The molecular weight excluding hydrogens is 240 g/mol. The molecule has 1 aliphatic heterocycles. The van der Waals surface area contributed by atoms with Crippen LogP contribution in [0.15, 0.2) is 18.3 Å². The van der Waals surface area contributed by atoms with Gasteiger partial charge in [-0.15, -0.1) is 0 Å². The summed E-state index contributed by atoms with van der Waals surface area (Å²) in [5.74, 6) is 0. The molecule has 3 N–H and O–H groups in total. The minimum atomic E-state index is 0.0375. The van der Waals surface area contributed by atoms with E-state index in [0.717, 1.165) is 50.5 Å². The second-order valence-electron chi connectivity index (χ2n) is 5.01. The van der Waals surface area contributed by atoms with E-state index in [0.29, 0.717) is 0 Å². The topological polar surface area (TPSA) is 65.6 Å². The number of nitrogens with two attached hydrogens (primary N) is 1. The molecule has 0 radical (unpaired) electrons. The predicted octanol–water partition coefficient (Wildman–Crippen LogP) is 0.606. The number of nitrogens with zero attached hydrogens (tertiary/aromatic N) is 3. The molecule has 5 nitrogen and oxygen atoms in total. The zero-order chi connectivity index (χ0) is 13.7. The fraction of sp³-hybridized carbons (Fsp3) is 0.643. The lowest BCUT2D eigenvalue weighted by Crippen LogP contribution is -2.47. The van der Waals surface area contributed by atoms with E-state index in [2.05, 4.69) is 27.8 Å². The Morgan fingerprint density at radius 3 is 2.58 bits per heavy atom. The maximum atomic E-state index is 8.93. The van der Waals surface area contributed by atoms with Gasteiger partial charge in [-0.2, -0.15) is 0 Å². The minimum Gasteiger partial charge on any atom is -0.395 e. The van der Waals surface area contributed by atoms with Crippen molar-refractivity contribution >= 4 is 5.69 Å². The number of piperazine rings is 1. The maximum Gasteiger partial charge on any atom is 0.0572 e.